The molecule has 0 heterocycles. The first-order chi connectivity index (χ1) is 14.7. The van der Waals surface area contributed by atoms with E-state index in [-0.39, 0.29) is 21.0 Å². The van der Waals surface area contributed by atoms with Gasteiger partial charge in [0.25, 0.3) is 21.7 Å². The molecule has 3 aromatic rings. The second kappa shape index (κ2) is 9.49. The quantitative estimate of drug-likeness (QED) is 0.478. The van der Waals surface area contributed by atoms with E-state index in [1.807, 2.05) is 6.92 Å². The van der Waals surface area contributed by atoms with Gasteiger partial charge in [-0.1, -0.05) is 47.7 Å². The number of para-hydroxylation sites is 1. The smallest absolute Gasteiger partial charge is 0.288 e. The minimum absolute atomic E-state index is 0.0570. The van der Waals surface area contributed by atoms with E-state index < -0.39 is 21.7 Å². The highest BCUT2D eigenvalue weighted by molar-refractivity contribution is 7.99. The Balaban J connectivity index is 1.86. The summed E-state index contributed by atoms with van der Waals surface area (Å²) in [6.07, 6.45) is 0. The summed E-state index contributed by atoms with van der Waals surface area (Å²) in [6.45, 7) is 1.90. The number of rotatable bonds is 7. The lowest BCUT2D eigenvalue weighted by atomic mass is 10.2. The lowest BCUT2D eigenvalue weighted by Gasteiger charge is -2.20. The number of nitrogens with zero attached hydrogens (tertiary/aromatic N) is 1. The van der Waals surface area contributed by atoms with Gasteiger partial charge in [-0.15, -0.1) is 0 Å². The van der Waals surface area contributed by atoms with Crippen LogP contribution in [0.25, 0.3) is 0 Å². The maximum absolute atomic E-state index is 13.0. The van der Waals surface area contributed by atoms with Crippen molar-refractivity contribution in [3.63, 3.8) is 0 Å². The van der Waals surface area contributed by atoms with Gasteiger partial charge in [-0.05, 0) is 49.4 Å². The second-order valence-corrected chi connectivity index (χ2v) is 9.67. The zero-order valence-corrected chi connectivity index (χ0v) is 18.4. The van der Waals surface area contributed by atoms with Crippen LogP contribution in [0, 0.1) is 6.92 Å². The lowest BCUT2D eigenvalue weighted by molar-refractivity contribution is 0.102. The Kier molecular flexibility index (Phi) is 6.97. The first kappa shape index (κ1) is 22.8. The van der Waals surface area contributed by atoms with Crippen molar-refractivity contribution in [1.29, 1.82) is 0 Å². The van der Waals surface area contributed by atoms with Crippen LogP contribution in [0.5, 0.6) is 0 Å². The molecule has 5 nitrogen and oxygen atoms in total. The molecule has 0 spiro atoms. The Hall–Kier alpha value is -2.91. The SMILES string of the molecule is Cc1ccc(N(C)S(=O)(=O)c2cccc(C(=O)Nc3ccccc3SC(F)F)c2)cc1. The van der Waals surface area contributed by atoms with Crippen LogP contribution in [0.3, 0.4) is 0 Å². The summed E-state index contributed by atoms with van der Waals surface area (Å²) in [5.41, 5.74) is 1.80. The standard InChI is InChI=1S/C22H20F2N2O3S2/c1-15-10-12-17(13-11-15)26(2)31(28,29)18-7-5-6-16(14-18)21(27)25-19-8-3-4-9-20(19)30-22(23)24/h3-14,22H,1-2H3,(H,25,27). The molecule has 0 radical (unpaired) electrons. The van der Waals surface area contributed by atoms with Crippen molar-refractivity contribution in [2.45, 2.75) is 22.5 Å². The van der Waals surface area contributed by atoms with Crippen LogP contribution in [-0.4, -0.2) is 27.1 Å². The van der Waals surface area contributed by atoms with E-state index in [1.165, 1.54) is 43.4 Å². The average molecular weight is 463 g/mol. The lowest BCUT2D eigenvalue weighted by Crippen LogP contribution is -2.26. The largest absolute Gasteiger partial charge is 0.321 e. The number of thioether (sulfide) groups is 1. The van der Waals surface area contributed by atoms with Crippen LogP contribution in [0.1, 0.15) is 15.9 Å². The van der Waals surface area contributed by atoms with E-state index >= 15 is 0 Å². The molecule has 31 heavy (non-hydrogen) atoms. The van der Waals surface area contributed by atoms with Gasteiger partial charge in [0.05, 0.1) is 16.3 Å². The predicted octanol–water partition coefficient (Wildman–Crippen LogP) is 5.39. The van der Waals surface area contributed by atoms with E-state index in [9.17, 15) is 22.0 Å². The van der Waals surface area contributed by atoms with Crippen molar-refractivity contribution >= 4 is 39.1 Å². The van der Waals surface area contributed by atoms with Gasteiger partial charge in [0.1, 0.15) is 0 Å². The molecule has 0 bridgehead atoms. The van der Waals surface area contributed by atoms with Crippen LogP contribution in [0.2, 0.25) is 0 Å². The molecule has 3 rings (SSSR count). The minimum atomic E-state index is -3.91. The molecule has 0 saturated heterocycles. The number of halogens is 2. The highest BCUT2D eigenvalue weighted by Gasteiger charge is 2.23. The number of amides is 1. The molecule has 0 aliphatic heterocycles. The van der Waals surface area contributed by atoms with Crippen LogP contribution < -0.4 is 9.62 Å². The number of anilines is 2. The van der Waals surface area contributed by atoms with Gasteiger partial charge >= 0.3 is 0 Å². The average Bonchev–Trinajstić information content (AvgIpc) is 2.75. The summed E-state index contributed by atoms with van der Waals surface area (Å²) in [7, 11) is -2.47. The van der Waals surface area contributed by atoms with E-state index in [1.54, 1.807) is 36.4 Å². The molecule has 0 aliphatic rings. The highest BCUT2D eigenvalue weighted by Crippen LogP contribution is 2.32. The van der Waals surface area contributed by atoms with Gasteiger partial charge in [-0.25, -0.2) is 8.42 Å². The molecule has 0 aromatic heterocycles. The number of aryl methyl sites for hydroxylation is 1. The molecule has 0 saturated carbocycles. The fourth-order valence-corrected chi connectivity index (χ4v) is 4.65. The third-order valence-electron chi connectivity index (χ3n) is 4.50. The van der Waals surface area contributed by atoms with E-state index in [2.05, 4.69) is 5.32 Å². The summed E-state index contributed by atoms with van der Waals surface area (Å²) in [6, 6.07) is 18.8. The molecule has 0 aliphatic carbocycles. The molecule has 0 fully saturated rings. The minimum Gasteiger partial charge on any atom is -0.321 e. The number of hydrogen-bond donors (Lipinski definition) is 1. The summed E-state index contributed by atoms with van der Waals surface area (Å²) < 4.78 is 52.7. The van der Waals surface area contributed by atoms with Crippen molar-refractivity contribution < 1.29 is 22.0 Å². The maximum atomic E-state index is 13.0. The zero-order valence-electron chi connectivity index (χ0n) is 16.7. The third kappa shape index (κ3) is 5.42. The van der Waals surface area contributed by atoms with Gasteiger partial charge in [-0.3, -0.25) is 9.10 Å². The van der Waals surface area contributed by atoms with Crippen molar-refractivity contribution in [3.05, 3.63) is 83.9 Å². The second-order valence-electron chi connectivity index (χ2n) is 6.66. The number of sulfonamides is 1. The van der Waals surface area contributed by atoms with E-state index in [4.69, 9.17) is 0 Å². The van der Waals surface area contributed by atoms with Gasteiger partial charge < -0.3 is 5.32 Å². The Morgan fingerprint density at radius 1 is 1.00 bits per heavy atom. The van der Waals surface area contributed by atoms with E-state index in [0.717, 1.165) is 9.87 Å². The zero-order chi connectivity index (χ0) is 22.6. The summed E-state index contributed by atoms with van der Waals surface area (Å²) in [4.78, 5) is 12.9. The third-order valence-corrected chi connectivity index (χ3v) is 7.07. The van der Waals surface area contributed by atoms with Gasteiger partial charge in [0.2, 0.25) is 0 Å². The normalized spacial score (nSPS) is 11.4. The molecule has 1 N–H and O–H groups in total. The molecule has 0 unspecified atom stereocenters. The number of nitrogens with one attached hydrogen (secondary N) is 1. The van der Waals surface area contributed by atoms with Crippen molar-refractivity contribution in [2.75, 3.05) is 16.7 Å². The molecular formula is C22H20F2N2O3S2. The van der Waals surface area contributed by atoms with Gasteiger partial charge in [0, 0.05) is 17.5 Å². The Morgan fingerprint density at radius 3 is 2.35 bits per heavy atom. The Morgan fingerprint density at radius 2 is 1.68 bits per heavy atom. The Labute approximate surface area is 184 Å². The first-order valence-corrected chi connectivity index (χ1v) is 11.5. The molecular weight excluding hydrogens is 442 g/mol. The highest BCUT2D eigenvalue weighted by atomic mass is 32.2. The monoisotopic (exact) mass is 462 g/mol. The van der Waals surface area contributed by atoms with E-state index in [0.29, 0.717) is 17.4 Å². The van der Waals surface area contributed by atoms with Crippen molar-refractivity contribution in [2.24, 2.45) is 0 Å². The number of alkyl halides is 2. The maximum Gasteiger partial charge on any atom is 0.288 e. The molecule has 9 heteroatoms. The molecule has 0 atom stereocenters. The summed E-state index contributed by atoms with van der Waals surface area (Å²) in [5, 5.41) is 2.58. The summed E-state index contributed by atoms with van der Waals surface area (Å²) >= 11 is 0.322. The number of benzene rings is 3. The Bertz CT molecular complexity index is 1180. The first-order valence-electron chi connectivity index (χ1n) is 9.19. The van der Waals surface area contributed by atoms with Crippen LogP contribution >= 0.6 is 11.8 Å². The molecule has 1 amide bonds. The van der Waals surface area contributed by atoms with Gasteiger partial charge in [0.15, 0.2) is 0 Å². The summed E-state index contributed by atoms with van der Waals surface area (Å²) in [5.74, 6) is -3.24. The van der Waals surface area contributed by atoms with Crippen molar-refractivity contribution in [1.82, 2.24) is 0 Å². The van der Waals surface area contributed by atoms with Crippen LogP contribution in [0.15, 0.2) is 82.6 Å². The molecule has 3 aromatic carbocycles. The fourth-order valence-electron chi connectivity index (χ4n) is 2.81. The number of carbonyl (C=O) groups is 1. The number of carbonyl (C=O) groups excluding carboxylic acids is 1. The van der Waals surface area contributed by atoms with Crippen LogP contribution in [0.4, 0.5) is 20.2 Å². The topological polar surface area (TPSA) is 66.5 Å². The fraction of sp³-hybridized carbons (Fsp3) is 0.136. The molecule has 162 valence electrons. The predicted molar refractivity (Wildman–Crippen MR) is 119 cm³/mol. The van der Waals surface area contributed by atoms with Crippen molar-refractivity contribution in [3.8, 4) is 0 Å². The van der Waals surface area contributed by atoms with Crippen LogP contribution in [-0.2, 0) is 10.0 Å². The number of hydrogen-bond acceptors (Lipinski definition) is 4. The van der Waals surface area contributed by atoms with Gasteiger partial charge in [-0.2, -0.15) is 8.78 Å².